The molecule has 0 amide bonds. The van der Waals surface area contributed by atoms with Crippen molar-refractivity contribution >= 4 is 48.0 Å². The SMILES string of the molecule is Cc1cc(S(=O)(=O)NCCNc2nc3ccccc3s2)c(C)s1. The summed E-state index contributed by atoms with van der Waals surface area (Å²) < 4.78 is 28.3. The highest BCUT2D eigenvalue weighted by Crippen LogP contribution is 2.26. The molecule has 2 N–H and O–H groups in total. The van der Waals surface area contributed by atoms with Crippen LogP contribution in [0.4, 0.5) is 5.13 Å². The number of thiazole rings is 1. The molecule has 0 radical (unpaired) electrons. The lowest BCUT2D eigenvalue weighted by Crippen LogP contribution is -2.29. The Hall–Kier alpha value is -1.48. The number of fused-ring (bicyclic) bond motifs is 1. The van der Waals surface area contributed by atoms with Crippen molar-refractivity contribution in [3.8, 4) is 0 Å². The van der Waals surface area contributed by atoms with Crippen LogP contribution >= 0.6 is 22.7 Å². The van der Waals surface area contributed by atoms with Crippen LogP contribution in [-0.4, -0.2) is 26.5 Å². The predicted molar refractivity (Wildman–Crippen MR) is 97.1 cm³/mol. The van der Waals surface area contributed by atoms with Gasteiger partial charge < -0.3 is 5.32 Å². The van der Waals surface area contributed by atoms with Gasteiger partial charge in [0.15, 0.2) is 5.13 Å². The van der Waals surface area contributed by atoms with E-state index in [0.717, 1.165) is 25.1 Å². The van der Waals surface area contributed by atoms with E-state index in [1.54, 1.807) is 17.4 Å². The largest absolute Gasteiger partial charge is 0.360 e. The molecule has 2 heterocycles. The summed E-state index contributed by atoms with van der Waals surface area (Å²) in [4.78, 5) is 6.64. The zero-order valence-corrected chi connectivity index (χ0v) is 15.2. The number of aryl methyl sites for hydroxylation is 2. The van der Waals surface area contributed by atoms with Crippen LogP contribution in [0, 0.1) is 13.8 Å². The van der Waals surface area contributed by atoms with Crippen molar-refractivity contribution in [3.05, 3.63) is 40.1 Å². The van der Waals surface area contributed by atoms with Crippen LogP contribution in [0.5, 0.6) is 0 Å². The third-order valence-electron chi connectivity index (χ3n) is 3.27. The Morgan fingerprint density at radius 3 is 2.61 bits per heavy atom. The van der Waals surface area contributed by atoms with E-state index < -0.39 is 10.0 Å². The van der Waals surface area contributed by atoms with Gasteiger partial charge in [-0.1, -0.05) is 23.5 Å². The fourth-order valence-electron chi connectivity index (χ4n) is 2.25. The molecule has 0 aliphatic heterocycles. The Morgan fingerprint density at radius 1 is 1.13 bits per heavy atom. The average Bonchev–Trinajstić information content (AvgIpc) is 3.06. The van der Waals surface area contributed by atoms with Gasteiger partial charge >= 0.3 is 0 Å². The number of anilines is 1. The van der Waals surface area contributed by atoms with Gasteiger partial charge in [-0.3, -0.25) is 0 Å². The molecule has 23 heavy (non-hydrogen) atoms. The van der Waals surface area contributed by atoms with Crippen molar-refractivity contribution in [2.45, 2.75) is 18.7 Å². The number of aromatic nitrogens is 1. The van der Waals surface area contributed by atoms with Gasteiger partial charge in [-0.2, -0.15) is 0 Å². The van der Waals surface area contributed by atoms with E-state index >= 15 is 0 Å². The number of nitrogens with one attached hydrogen (secondary N) is 2. The second-order valence-corrected chi connectivity index (χ2v) is 9.32. The molecule has 3 aromatic rings. The maximum absolute atomic E-state index is 12.3. The summed E-state index contributed by atoms with van der Waals surface area (Å²) in [5, 5.41) is 3.96. The Morgan fingerprint density at radius 2 is 1.91 bits per heavy atom. The van der Waals surface area contributed by atoms with Crippen LogP contribution in [0.25, 0.3) is 10.2 Å². The first-order valence-corrected chi connectivity index (χ1v) is 10.2. The summed E-state index contributed by atoms with van der Waals surface area (Å²) in [6, 6.07) is 9.61. The molecule has 3 rings (SSSR count). The molecule has 8 heteroatoms. The molecule has 1 aromatic carbocycles. The third kappa shape index (κ3) is 3.72. The quantitative estimate of drug-likeness (QED) is 0.655. The minimum atomic E-state index is -3.45. The molecule has 0 spiro atoms. The summed E-state index contributed by atoms with van der Waals surface area (Å²) in [6.07, 6.45) is 0. The maximum Gasteiger partial charge on any atom is 0.241 e. The average molecular weight is 368 g/mol. The number of benzene rings is 1. The normalized spacial score (nSPS) is 11.9. The molecular weight excluding hydrogens is 350 g/mol. The molecule has 0 saturated heterocycles. The first-order chi connectivity index (χ1) is 11.0. The van der Waals surface area contributed by atoms with Crippen LogP contribution in [0.1, 0.15) is 9.75 Å². The van der Waals surface area contributed by atoms with E-state index in [2.05, 4.69) is 15.0 Å². The molecule has 5 nitrogen and oxygen atoms in total. The summed E-state index contributed by atoms with van der Waals surface area (Å²) in [7, 11) is -3.45. The van der Waals surface area contributed by atoms with E-state index in [9.17, 15) is 8.42 Å². The van der Waals surface area contributed by atoms with E-state index in [4.69, 9.17) is 0 Å². The number of rotatable bonds is 6. The second kappa shape index (κ2) is 6.56. The molecule has 0 atom stereocenters. The van der Waals surface area contributed by atoms with Crippen LogP contribution in [-0.2, 0) is 10.0 Å². The minimum absolute atomic E-state index is 0.312. The predicted octanol–water partition coefficient (Wildman–Crippen LogP) is 3.37. The zero-order chi connectivity index (χ0) is 16.4. The highest BCUT2D eigenvalue weighted by molar-refractivity contribution is 7.89. The van der Waals surface area contributed by atoms with Crippen molar-refractivity contribution in [1.82, 2.24) is 9.71 Å². The van der Waals surface area contributed by atoms with Crippen LogP contribution < -0.4 is 10.0 Å². The number of hydrogen-bond donors (Lipinski definition) is 2. The van der Waals surface area contributed by atoms with Gasteiger partial charge in [0, 0.05) is 22.8 Å². The lowest BCUT2D eigenvalue weighted by molar-refractivity contribution is 0.582. The number of nitrogens with zero attached hydrogens (tertiary/aromatic N) is 1. The zero-order valence-electron chi connectivity index (χ0n) is 12.8. The summed E-state index contributed by atoms with van der Waals surface area (Å²) in [5.74, 6) is 0. The standard InChI is InChI=1S/C15H17N3O2S3/c1-10-9-14(11(2)21-10)23(19,20)17-8-7-16-15-18-12-5-3-4-6-13(12)22-15/h3-6,9,17H,7-8H2,1-2H3,(H,16,18). The molecule has 0 unspecified atom stereocenters. The monoisotopic (exact) mass is 367 g/mol. The Labute approximate surface area is 143 Å². The van der Waals surface area contributed by atoms with E-state index in [-0.39, 0.29) is 0 Å². The number of para-hydroxylation sites is 1. The van der Waals surface area contributed by atoms with Gasteiger partial charge in [0.2, 0.25) is 10.0 Å². The topological polar surface area (TPSA) is 71.1 Å². The van der Waals surface area contributed by atoms with Gasteiger partial charge in [-0.05, 0) is 32.0 Å². The smallest absolute Gasteiger partial charge is 0.241 e. The minimum Gasteiger partial charge on any atom is -0.360 e. The van der Waals surface area contributed by atoms with E-state index in [0.29, 0.717) is 18.0 Å². The van der Waals surface area contributed by atoms with Gasteiger partial charge in [-0.15, -0.1) is 11.3 Å². The molecule has 122 valence electrons. The van der Waals surface area contributed by atoms with Gasteiger partial charge in [-0.25, -0.2) is 18.1 Å². The Balaban J connectivity index is 1.58. The molecular formula is C15H17N3O2S3. The first-order valence-electron chi connectivity index (χ1n) is 7.12. The lowest BCUT2D eigenvalue weighted by Gasteiger charge is -2.06. The third-order valence-corrected chi connectivity index (χ3v) is 6.95. The van der Waals surface area contributed by atoms with Gasteiger partial charge in [0.05, 0.1) is 15.1 Å². The number of thiophene rings is 1. The fraction of sp³-hybridized carbons (Fsp3) is 0.267. The molecule has 0 saturated carbocycles. The van der Waals surface area contributed by atoms with Gasteiger partial charge in [0.1, 0.15) is 0 Å². The van der Waals surface area contributed by atoms with Crippen molar-refractivity contribution in [2.75, 3.05) is 18.4 Å². The van der Waals surface area contributed by atoms with E-state index in [1.165, 1.54) is 11.3 Å². The van der Waals surface area contributed by atoms with Crippen LogP contribution in [0.15, 0.2) is 35.2 Å². The number of sulfonamides is 1. The Kier molecular flexibility index (Phi) is 4.67. The molecule has 2 aromatic heterocycles. The molecule has 0 fully saturated rings. The summed E-state index contributed by atoms with van der Waals surface area (Å²) >= 11 is 3.05. The lowest BCUT2D eigenvalue weighted by atomic mass is 10.3. The fourth-order valence-corrected chi connectivity index (χ4v) is 5.73. The first kappa shape index (κ1) is 16.4. The summed E-state index contributed by atoms with van der Waals surface area (Å²) in [6.45, 7) is 4.53. The maximum atomic E-state index is 12.3. The second-order valence-electron chi connectivity index (χ2n) is 5.09. The van der Waals surface area contributed by atoms with Crippen molar-refractivity contribution in [1.29, 1.82) is 0 Å². The highest BCUT2D eigenvalue weighted by atomic mass is 32.2. The highest BCUT2D eigenvalue weighted by Gasteiger charge is 2.18. The molecule has 0 bridgehead atoms. The number of hydrogen-bond acceptors (Lipinski definition) is 6. The molecule has 0 aliphatic rings. The van der Waals surface area contributed by atoms with Crippen molar-refractivity contribution < 1.29 is 8.42 Å². The Bertz CT molecular complexity index is 895. The summed E-state index contributed by atoms with van der Waals surface area (Å²) in [5.41, 5.74) is 0.949. The van der Waals surface area contributed by atoms with Crippen molar-refractivity contribution in [3.63, 3.8) is 0 Å². The van der Waals surface area contributed by atoms with Crippen LogP contribution in [0.2, 0.25) is 0 Å². The van der Waals surface area contributed by atoms with Crippen LogP contribution in [0.3, 0.4) is 0 Å². The van der Waals surface area contributed by atoms with Gasteiger partial charge in [0.25, 0.3) is 0 Å². The molecule has 0 aliphatic carbocycles. The van der Waals surface area contributed by atoms with Crippen molar-refractivity contribution in [2.24, 2.45) is 0 Å². The van der Waals surface area contributed by atoms with E-state index in [1.807, 2.05) is 38.1 Å².